The summed E-state index contributed by atoms with van der Waals surface area (Å²) in [6.07, 6.45) is 1.15. The van der Waals surface area contributed by atoms with Crippen LogP contribution in [0.3, 0.4) is 0 Å². The van der Waals surface area contributed by atoms with Gasteiger partial charge in [0.1, 0.15) is 0 Å². The number of aliphatic hydroxyl groups excluding tert-OH is 1. The number of nitrogens with one attached hydrogen (secondary N) is 1. The summed E-state index contributed by atoms with van der Waals surface area (Å²) in [5.74, 6) is 1.53. The van der Waals surface area contributed by atoms with Crippen LogP contribution in [0.2, 0.25) is 0 Å². The van der Waals surface area contributed by atoms with Crippen molar-refractivity contribution in [1.82, 2.24) is 5.32 Å². The van der Waals surface area contributed by atoms with Gasteiger partial charge in [-0.15, -0.1) is 0 Å². The molecule has 1 heterocycles. The third-order valence-corrected chi connectivity index (χ3v) is 2.42. The maximum atomic E-state index is 8.80. The normalized spacial score (nSPS) is 33.6. The molecule has 1 aliphatic heterocycles. The maximum absolute atomic E-state index is 8.80. The van der Waals surface area contributed by atoms with Gasteiger partial charge in [0.15, 0.2) is 0 Å². The lowest BCUT2D eigenvalue weighted by molar-refractivity contribution is 0.250. The van der Waals surface area contributed by atoms with Gasteiger partial charge in [-0.1, -0.05) is 13.8 Å². The van der Waals surface area contributed by atoms with Crippen LogP contribution in [0.25, 0.3) is 0 Å². The van der Waals surface area contributed by atoms with E-state index in [4.69, 9.17) is 5.11 Å². The molecule has 2 nitrogen and oxygen atoms in total. The molecule has 0 spiro atoms. The van der Waals surface area contributed by atoms with Gasteiger partial charge < -0.3 is 10.4 Å². The van der Waals surface area contributed by atoms with Gasteiger partial charge in [-0.3, -0.25) is 0 Å². The highest BCUT2D eigenvalue weighted by atomic mass is 16.3. The van der Waals surface area contributed by atoms with Crippen molar-refractivity contribution in [2.24, 2.45) is 11.8 Å². The Morgan fingerprint density at radius 2 is 2.30 bits per heavy atom. The van der Waals surface area contributed by atoms with Crippen molar-refractivity contribution in [3.05, 3.63) is 0 Å². The summed E-state index contributed by atoms with van der Waals surface area (Å²) in [4.78, 5) is 0. The summed E-state index contributed by atoms with van der Waals surface area (Å²) in [6, 6.07) is 0.368. The molecule has 1 rings (SSSR count). The molecule has 0 amide bonds. The van der Waals surface area contributed by atoms with Gasteiger partial charge in [-0.05, 0) is 24.8 Å². The lowest BCUT2D eigenvalue weighted by Gasteiger charge is -2.11. The zero-order valence-corrected chi connectivity index (χ0v) is 6.80. The van der Waals surface area contributed by atoms with Gasteiger partial charge in [0.2, 0.25) is 0 Å². The molecule has 10 heavy (non-hydrogen) atoms. The third-order valence-electron chi connectivity index (χ3n) is 2.42. The molecule has 0 unspecified atom stereocenters. The lowest BCUT2D eigenvalue weighted by Crippen LogP contribution is -2.24. The first-order valence-electron chi connectivity index (χ1n) is 4.08. The second-order valence-electron chi connectivity index (χ2n) is 3.53. The smallest absolute Gasteiger partial charge is 0.0584 e. The fourth-order valence-corrected chi connectivity index (χ4v) is 1.50. The van der Waals surface area contributed by atoms with E-state index in [0.717, 1.165) is 24.8 Å². The van der Waals surface area contributed by atoms with Gasteiger partial charge in [-0.2, -0.15) is 0 Å². The molecule has 0 saturated carbocycles. The molecular weight excluding hydrogens is 126 g/mol. The van der Waals surface area contributed by atoms with Crippen LogP contribution in [-0.4, -0.2) is 24.3 Å². The lowest BCUT2D eigenvalue weighted by atomic mass is 9.94. The molecule has 0 aromatic carbocycles. The molecule has 60 valence electrons. The van der Waals surface area contributed by atoms with Crippen molar-refractivity contribution in [3.63, 3.8) is 0 Å². The van der Waals surface area contributed by atoms with E-state index in [1.807, 2.05) is 0 Å². The predicted octanol–water partition coefficient (Wildman–Crippen LogP) is 0.613. The topological polar surface area (TPSA) is 32.3 Å². The van der Waals surface area contributed by atoms with E-state index in [2.05, 4.69) is 19.2 Å². The van der Waals surface area contributed by atoms with Gasteiger partial charge >= 0.3 is 0 Å². The first-order valence-corrected chi connectivity index (χ1v) is 4.08. The summed E-state index contributed by atoms with van der Waals surface area (Å²) < 4.78 is 0. The Morgan fingerprint density at radius 1 is 1.60 bits per heavy atom. The summed E-state index contributed by atoms with van der Waals surface area (Å²) >= 11 is 0. The third kappa shape index (κ3) is 1.70. The molecule has 0 radical (unpaired) electrons. The van der Waals surface area contributed by atoms with Crippen LogP contribution >= 0.6 is 0 Å². The van der Waals surface area contributed by atoms with Crippen LogP contribution in [0.4, 0.5) is 0 Å². The highest BCUT2D eigenvalue weighted by molar-refractivity contribution is 4.82. The Bertz CT molecular complexity index is 103. The Morgan fingerprint density at radius 3 is 2.60 bits per heavy atom. The van der Waals surface area contributed by atoms with Crippen LogP contribution < -0.4 is 5.32 Å². The van der Waals surface area contributed by atoms with Crippen molar-refractivity contribution in [2.75, 3.05) is 13.2 Å². The molecule has 0 aliphatic carbocycles. The Kier molecular flexibility index (Phi) is 2.69. The highest BCUT2D eigenvalue weighted by Gasteiger charge is 2.24. The Hall–Kier alpha value is -0.0800. The minimum absolute atomic E-state index is 0.295. The number of hydrogen-bond donors (Lipinski definition) is 2. The number of rotatable bonds is 2. The van der Waals surface area contributed by atoms with Crippen LogP contribution in [0.1, 0.15) is 20.3 Å². The van der Waals surface area contributed by atoms with Crippen molar-refractivity contribution in [1.29, 1.82) is 0 Å². The monoisotopic (exact) mass is 143 g/mol. The van der Waals surface area contributed by atoms with E-state index in [1.165, 1.54) is 0 Å². The molecule has 1 saturated heterocycles. The van der Waals surface area contributed by atoms with Crippen LogP contribution in [-0.2, 0) is 0 Å². The zero-order chi connectivity index (χ0) is 7.56. The second kappa shape index (κ2) is 3.35. The number of aliphatic hydroxyl groups is 1. The summed E-state index contributed by atoms with van der Waals surface area (Å²) in [7, 11) is 0. The van der Waals surface area contributed by atoms with Crippen molar-refractivity contribution in [2.45, 2.75) is 26.3 Å². The quantitative estimate of drug-likeness (QED) is 0.593. The van der Waals surface area contributed by atoms with E-state index < -0.39 is 0 Å². The van der Waals surface area contributed by atoms with E-state index in [0.29, 0.717) is 12.6 Å². The Balaban J connectivity index is 2.28. The average molecular weight is 143 g/mol. The second-order valence-corrected chi connectivity index (χ2v) is 3.53. The van der Waals surface area contributed by atoms with Gasteiger partial charge in [0, 0.05) is 6.04 Å². The summed E-state index contributed by atoms with van der Waals surface area (Å²) in [5.41, 5.74) is 0. The molecule has 1 aliphatic rings. The van der Waals surface area contributed by atoms with Crippen LogP contribution in [0, 0.1) is 11.8 Å². The molecule has 1 fully saturated rings. The van der Waals surface area contributed by atoms with Crippen molar-refractivity contribution in [3.8, 4) is 0 Å². The van der Waals surface area contributed by atoms with E-state index in [1.54, 1.807) is 0 Å². The largest absolute Gasteiger partial charge is 0.395 e. The average Bonchev–Trinajstić information content (AvgIpc) is 2.34. The minimum atomic E-state index is 0.295. The molecule has 2 heteroatoms. The van der Waals surface area contributed by atoms with Gasteiger partial charge in [0.05, 0.1) is 6.61 Å². The van der Waals surface area contributed by atoms with Gasteiger partial charge in [0.25, 0.3) is 0 Å². The first-order chi connectivity index (χ1) is 4.74. The molecule has 2 N–H and O–H groups in total. The van der Waals surface area contributed by atoms with Crippen molar-refractivity contribution >= 4 is 0 Å². The summed E-state index contributed by atoms with van der Waals surface area (Å²) in [5, 5.41) is 12.1. The molecular formula is C8H17NO. The fraction of sp³-hybridized carbons (Fsp3) is 1.00. The molecule has 0 bridgehead atoms. The van der Waals surface area contributed by atoms with Crippen molar-refractivity contribution < 1.29 is 5.11 Å². The SMILES string of the molecule is CC(C)[C@H]1CN[C@@H](CO)C1. The van der Waals surface area contributed by atoms with E-state index >= 15 is 0 Å². The maximum Gasteiger partial charge on any atom is 0.0584 e. The fourth-order valence-electron chi connectivity index (χ4n) is 1.50. The first kappa shape index (κ1) is 8.02. The van der Waals surface area contributed by atoms with Gasteiger partial charge in [-0.25, -0.2) is 0 Å². The standard InChI is InChI=1S/C8H17NO/c1-6(2)7-3-8(5-10)9-4-7/h6-10H,3-5H2,1-2H3/t7-,8-/m1/s1. The van der Waals surface area contributed by atoms with Crippen LogP contribution in [0.15, 0.2) is 0 Å². The Labute approximate surface area is 62.6 Å². The molecule has 0 aromatic heterocycles. The zero-order valence-electron chi connectivity index (χ0n) is 6.80. The number of hydrogen-bond acceptors (Lipinski definition) is 2. The van der Waals surface area contributed by atoms with E-state index in [9.17, 15) is 0 Å². The molecule has 2 atom stereocenters. The van der Waals surface area contributed by atoms with Crippen LogP contribution in [0.5, 0.6) is 0 Å². The summed E-state index contributed by atoms with van der Waals surface area (Å²) in [6.45, 7) is 5.87. The molecule has 0 aromatic rings. The minimum Gasteiger partial charge on any atom is -0.395 e. The predicted molar refractivity (Wildman–Crippen MR) is 41.8 cm³/mol. The highest BCUT2D eigenvalue weighted by Crippen LogP contribution is 2.21. The van der Waals surface area contributed by atoms with E-state index in [-0.39, 0.29) is 0 Å².